The zero-order valence-corrected chi connectivity index (χ0v) is 22.7. The minimum atomic E-state index is -0.613. The fourth-order valence-electron chi connectivity index (χ4n) is 5.24. The van der Waals surface area contributed by atoms with E-state index in [9.17, 15) is 9.59 Å². The summed E-state index contributed by atoms with van der Waals surface area (Å²) in [6, 6.07) is 3.67. The molecule has 192 valence electrons. The normalized spacial score (nSPS) is 14.7. The second-order valence-corrected chi connectivity index (χ2v) is 11.9. The minimum absolute atomic E-state index is 0.180. The first-order chi connectivity index (χ1) is 16.6. The number of hydrogen-bond acceptors (Lipinski definition) is 5. The third-order valence-corrected chi connectivity index (χ3v) is 8.75. The maximum atomic E-state index is 13.3. The van der Waals surface area contributed by atoms with Gasteiger partial charge in [0.25, 0.3) is 0 Å². The zero-order chi connectivity index (χ0) is 25.8. The number of aliphatic hydroxyl groups excluding tert-OH is 2. The predicted octanol–water partition coefficient (Wildman–Crippen LogP) is 4.66. The van der Waals surface area contributed by atoms with E-state index in [4.69, 9.17) is 10.2 Å². The van der Waals surface area contributed by atoms with Crippen molar-refractivity contribution in [2.75, 3.05) is 13.2 Å². The Morgan fingerprint density at radius 3 is 2.31 bits per heavy atom. The monoisotopic (exact) mass is 499 g/mol. The molecule has 0 radical (unpaired) electrons. The fourth-order valence-corrected chi connectivity index (χ4v) is 6.52. The van der Waals surface area contributed by atoms with Gasteiger partial charge in [0, 0.05) is 17.7 Å². The van der Waals surface area contributed by atoms with Crippen LogP contribution in [-0.4, -0.2) is 41.2 Å². The molecule has 0 unspecified atom stereocenters. The summed E-state index contributed by atoms with van der Waals surface area (Å²) in [5.41, 5.74) is 7.64. The maximum absolute atomic E-state index is 13.3. The largest absolute Gasteiger partial charge is 0.394 e. The highest BCUT2D eigenvalue weighted by atomic mass is 32.1. The van der Waals surface area contributed by atoms with Crippen LogP contribution in [-0.2, 0) is 36.9 Å². The van der Waals surface area contributed by atoms with Crippen LogP contribution in [0.1, 0.15) is 88.0 Å². The summed E-state index contributed by atoms with van der Waals surface area (Å²) in [5, 5.41) is 20.9. The van der Waals surface area contributed by atoms with E-state index in [1.165, 1.54) is 16.0 Å². The number of rotatable bonds is 11. The first kappa shape index (κ1) is 27.6. The van der Waals surface area contributed by atoms with Crippen LogP contribution in [0.2, 0.25) is 0 Å². The van der Waals surface area contributed by atoms with E-state index in [-0.39, 0.29) is 24.9 Å². The Hall–Kier alpha value is -2.02. The Labute approximate surface area is 214 Å². The van der Waals surface area contributed by atoms with Crippen molar-refractivity contribution >= 4 is 23.0 Å². The molecular formula is C29H41NO4S. The van der Waals surface area contributed by atoms with Crippen LogP contribution in [0, 0.1) is 19.3 Å². The number of thiophene rings is 1. The number of nitrogens with one attached hydrogen (secondary N) is 1. The number of Topliss-reactive ketones (excluding diaryl/α,β-unsaturated/α-hetero) is 1. The van der Waals surface area contributed by atoms with E-state index >= 15 is 0 Å². The van der Waals surface area contributed by atoms with Gasteiger partial charge in [-0.3, -0.25) is 9.59 Å². The number of carbonyl (C=O) groups is 2. The molecule has 0 bridgehead atoms. The van der Waals surface area contributed by atoms with Crippen LogP contribution < -0.4 is 5.32 Å². The number of ketones is 1. The van der Waals surface area contributed by atoms with Crippen molar-refractivity contribution in [3.63, 3.8) is 0 Å². The molecule has 3 rings (SSSR count). The van der Waals surface area contributed by atoms with Gasteiger partial charge in [0.05, 0.1) is 24.1 Å². The number of benzene rings is 1. The third kappa shape index (κ3) is 6.81. The fraction of sp³-hybridized carbons (Fsp3) is 0.586. The highest BCUT2D eigenvalue weighted by molar-refractivity contribution is 7.14. The summed E-state index contributed by atoms with van der Waals surface area (Å²) in [6.45, 7) is 10.4. The van der Waals surface area contributed by atoms with Crippen LogP contribution in [0.25, 0.3) is 0 Å². The summed E-state index contributed by atoms with van der Waals surface area (Å²) >= 11 is 1.73. The quantitative estimate of drug-likeness (QED) is 0.393. The summed E-state index contributed by atoms with van der Waals surface area (Å²) in [4.78, 5) is 27.8. The number of carbonyl (C=O) groups excluding carboxylic acids is 2. The van der Waals surface area contributed by atoms with Gasteiger partial charge in [-0.15, -0.1) is 11.3 Å². The SMILES string of the molecule is CCc1sc(C(=O)CCc2cc(C)c(CCC(=O)NC(CO)CO)c(C)c2)c2c1CC(C)(C)CC2. The lowest BCUT2D eigenvalue weighted by Crippen LogP contribution is -2.40. The predicted molar refractivity (Wildman–Crippen MR) is 142 cm³/mol. The number of hydrogen-bond donors (Lipinski definition) is 3. The molecule has 1 aromatic carbocycles. The Morgan fingerprint density at radius 2 is 1.71 bits per heavy atom. The highest BCUT2D eigenvalue weighted by Crippen LogP contribution is 2.42. The molecule has 1 amide bonds. The zero-order valence-electron chi connectivity index (χ0n) is 21.9. The van der Waals surface area contributed by atoms with E-state index in [0.717, 1.165) is 59.2 Å². The molecule has 35 heavy (non-hydrogen) atoms. The van der Waals surface area contributed by atoms with E-state index in [0.29, 0.717) is 24.7 Å². The molecule has 0 aliphatic heterocycles. The third-order valence-electron chi connectivity index (χ3n) is 7.29. The first-order valence-electron chi connectivity index (χ1n) is 12.8. The van der Waals surface area contributed by atoms with Crippen molar-refractivity contribution < 1.29 is 19.8 Å². The number of amides is 1. The Bertz CT molecular complexity index is 1040. The van der Waals surface area contributed by atoms with Crippen LogP contribution >= 0.6 is 11.3 Å². The minimum Gasteiger partial charge on any atom is -0.394 e. The Kier molecular flexibility index (Phi) is 9.30. The van der Waals surface area contributed by atoms with Crippen LogP contribution in [0.15, 0.2) is 12.1 Å². The van der Waals surface area contributed by atoms with Crippen molar-refractivity contribution in [1.82, 2.24) is 5.32 Å². The Balaban J connectivity index is 1.64. The van der Waals surface area contributed by atoms with E-state index < -0.39 is 6.04 Å². The molecule has 0 saturated carbocycles. The molecule has 1 aliphatic carbocycles. The molecule has 0 spiro atoms. The lowest BCUT2D eigenvalue weighted by molar-refractivity contribution is -0.122. The standard InChI is InChI=1S/C29H41NO4S/c1-6-26-24-15-29(4,5)12-11-23(24)28(35-26)25(33)9-7-20-13-18(2)22(19(3)14-20)8-10-27(34)30-21(16-31)17-32/h13-14,21,31-32H,6-12,15-17H2,1-5H3,(H,30,34). The van der Waals surface area contributed by atoms with Gasteiger partial charge >= 0.3 is 0 Å². The van der Waals surface area contributed by atoms with Gasteiger partial charge in [-0.25, -0.2) is 0 Å². The lowest BCUT2D eigenvalue weighted by atomic mass is 9.74. The van der Waals surface area contributed by atoms with E-state index in [1.807, 2.05) is 0 Å². The molecule has 1 heterocycles. The molecule has 0 atom stereocenters. The molecular weight excluding hydrogens is 458 g/mol. The smallest absolute Gasteiger partial charge is 0.220 e. The van der Waals surface area contributed by atoms with Crippen molar-refractivity contribution in [2.24, 2.45) is 5.41 Å². The van der Waals surface area contributed by atoms with E-state index in [1.54, 1.807) is 11.3 Å². The van der Waals surface area contributed by atoms with Gasteiger partial charge in [0.2, 0.25) is 5.91 Å². The molecule has 0 saturated heterocycles. The second kappa shape index (κ2) is 11.8. The molecule has 3 N–H and O–H groups in total. The van der Waals surface area contributed by atoms with Gasteiger partial charge in [-0.05, 0) is 91.2 Å². The van der Waals surface area contributed by atoms with Crippen molar-refractivity contribution in [2.45, 2.75) is 92.0 Å². The van der Waals surface area contributed by atoms with Crippen molar-refractivity contribution in [1.29, 1.82) is 0 Å². The number of fused-ring (bicyclic) bond motifs is 1. The van der Waals surface area contributed by atoms with Gasteiger partial charge in [-0.2, -0.15) is 0 Å². The van der Waals surface area contributed by atoms with Gasteiger partial charge in [-0.1, -0.05) is 32.9 Å². The van der Waals surface area contributed by atoms with Crippen LogP contribution in [0.3, 0.4) is 0 Å². The van der Waals surface area contributed by atoms with Gasteiger partial charge in [0.1, 0.15) is 0 Å². The van der Waals surface area contributed by atoms with Crippen molar-refractivity contribution in [3.05, 3.63) is 55.3 Å². The van der Waals surface area contributed by atoms with Crippen LogP contribution in [0.5, 0.6) is 0 Å². The highest BCUT2D eigenvalue weighted by Gasteiger charge is 2.31. The average Bonchev–Trinajstić information content (AvgIpc) is 3.17. The van der Waals surface area contributed by atoms with Gasteiger partial charge < -0.3 is 15.5 Å². The number of aryl methyl sites for hydroxylation is 4. The topological polar surface area (TPSA) is 86.6 Å². The lowest BCUT2D eigenvalue weighted by Gasteiger charge is -2.30. The Morgan fingerprint density at radius 1 is 1.06 bits per heavy atom. The van der Waals surface area contributed by atoms with E-state index in [2.05, 4.69) is 52.1 Å². The second-order valence-electron chi connectivity index (χ2n) is 10.8. The molecule has 2 aromatic rings. The maximum Gasteiger partial charge on any atom is 0.220 e. The van der Waals surface area contributed by atoms with Crippen molar-refractivity contribution in [3.8, 4) is 0 Å². The summed E-state index contributed by atoms with van der Waals surface area (Å²) < 4.78 is 0. The molecule has 1 aromatic heterocycles. The molecule has 1 aliphatic rings. The average molecular weight is 500 g/mol. The first-order valence-corrected chi connectivity index (χ1v) is 13.7. The summed E-state index contributed by atoms with van der Waals surface area (Å²) in [7, 11) is 0. The molecule has 0 fully saturated rings. The summed E-state index contributed by atoms with van der Waals surface area (Å²) in [5.74, 6) is 0.0877. The number of aliphatic hydroxyl groups is 2. The molecule has 6 heteroatoms. The van der Waals surface area contributed by atoms with Crippen LogP contribution in [0.4, 0.5) is 0 Å². The summed E-state index contributed by atoms with van der Waals surface area (Å²) in [6.07, 6.45) is 6.36. The molecule has 5 nitrogen and oxygen atoms in total. The van der Waals surface area contributed by atoms with Gasteiger partial charge in [0.15, 0.2) is 5.78 Å².